The molecule has 0 aliphatic carbocycles. The third-order valence-electron chi connectivity index (χ3n) is 2.63. The molecule has 0 spiro atoms. The second kappa shape index (κ2) is 4.83. The van der Waals surface area contributed by atoms with Gasteiger partial charge < -0.3 is 13.7 Å². The predicted octanol–water partition coefficient (Wildman–Crippen LogP) is 2.70. The maximum atomic E-state index is 10.7. The molecule has 1 heterocycles. The average molecular weight is 273 g/mol. The summed E-state index contributed by atoms with van der Waals surface area (Å²) in [5, 5.41) is 0. The van der Waals surface area contributed by atoms with Gasteiger partial charge in [-0.15, -0.1) is 0 Å². The zero-order chi connectivity index (χ0) is 13.2. The minimum absolute atomic E-state index is 0.375. The Balaban J connectivity index is 2.13. The Kier molecular flexibility index (Phi) is 3.02. The van der Waals surface area contributed by atoms with Crippen LogP contribution in [-0.4, -0.2) is 13.7 Å². The standard InChI is InChI=1S/C13H10N2O3S/c16-19(17)15-11-8-4-7-10-12(11)18-13(14-10)9-5-2-1-3-6-9/h1-8,15H,(H,16,17)/p-1. The van der Waals surface area contributed by atoms with Crippen molar-refractivity contribution < 1.29 is 13.2 Å². The van der Waals surface area contributed by atoms with Crippen LogP contribution in [0.4, 0.5) is 5.69 Å². The fourth-order valence-electron chi connectivity index (χ4n) is 1.82. The van der Waals surface area contributed by atoms with Crippen molar-refractivity contribution in [2.75, 3.05) is 4.72 Å². The number of nitrogens with one attached hydrogen (secondary N) is 1. The van der Waals surface area contributed by atoms with Crippen molar-refractivity contribution in [2.24, 2.45) is 0 Å². The van der Waals surface area contributed by atoms with E-state index in [1.165, 1.54) is 0 Å². The van der Waals surface area contributed by atoms with Crippen molar-refractivity contribution in [3.63, 3.8) is 0 Å². The molecule has 1 aromatic heterocycles. The number of hydrogen-bond acceptors (Lipinski definition) is 4. The van der Waals surface area contributed by atoms with Gasteiger partial charge in [-0.1, -0.05) is 24.3 Å². The maximum absolute atomic E-state index is 10.7. The molecule has 1 atom stereocenters. The number of fused-ring (bicyclic) bond motifs is 1. The van der Waals surface area contributed by atoms with Crippen LogP contribution in [0.15, 0.2) is 52.9 Å². The minimum Gasteiger partial charge on any atom is -0.755 e. The first-order chi connectivity index (χ1) is 9.24. The Labute approximate surface area is 111 Å². The number of aromatic nitrogens is 1. The number of benzene rings is 2. The van der Waals surface area contributed by atoms with E-state index in [-0.39, 0.29) is 0 Å². The molecule has 1 unspecified atom stereocenters. The van der Waals surface area contributed by atoms with Gasteiger partial charge in [0.2, 0.25) is 5.89 Å². The van der Waals surface area contributed by atoms with Crippen molar-refractivity contribution in [2.45, 2.75) is 0 Å². The van der Waals surface area contributed by atoms with Gasteiger partial charge in [0.1, 0.15) is 5.52 Å². The van der Waals surface area contributed by atoms with Gasteiger partial charge >= 0.3 is 0 Å². The molecule has 3 rings (SSSR count). The van der Waals surface area contributed by atoms with Crippen LogP contribution in [0.5, 0.6) is 0 Å². The lowest BCUT2D eigenvalue weighted by Crippen LogP contribution is -2.01. The Morgan fingerprint density at radius 3 is 2.63 bits per heavy atom. The van der Waals surface area contributed by atoms with Gasteiger partial charge in [-0.2, -0.15) is 0 Å². The van der Waals surface area contributed by atoms with Gasteiger partial charge in [0.15, 0.2) is 5.58 Å². The summed E-state index contributed by atoms with van der Waals surface area (Å²) < 4.78 is 29.4. The molecule has 19 heavy (non-hydrogen) atoms. The molecule has 5 nitrogen and oxygen atoms in total. The van der Waals surface area contributed by atoms with Crippen LogP contribution in [0.3, 0.4) is 0 Å². The van der Waals surface area contributed by atoms with Crippen LogP contribution in [0.1, 0.15) is 0 Å². The fraction of sp³-hybridized carbons (Fsp3) is 0. The van der Waals surface area contributed by atoms with E-state index in [0.717, 1.165) is 5.56 Å². The van der Waals surface area contributed by atoms with Gasteiger partial charge in [-0.05, 0) is 24.3 Å². The molecule has 96 valence electrons. The summed E-state index contributed by atoms with van der Waals surface area (Å²) in [6.45, 7) is 0. The highest BCUT2D eigenvalue weighted by Crippen LogP contribution is 2.29. The highest BCUT2D eigenvalue weighted by atomic mass is 32.2. The fourth-order valence-corrected chi connectivity index (χ4v) is 2.16. The molecule has 1 N–H and O–H groups in total. The molecule has 0 aliphatic rings. The lowest BCUT2D eigenvalue weighted by atomic mass is 10.2. The molecule has 0 saturated carbocycles. The van der Waals surface area contributed by atoms with Gasteiger partial charge in [0.05, 0.1) is 5.69 Å². The molecule has 2 aromatic carbocycles. The summed E-state index contributed by atoms with van der Waals surface area (Å²) in [6.07, 6.45) is 0. The number of nitrogens with zero attached hydrogens (tertiary/aromatic N) is 1. The quantitative estimate of drug-likeness (QED) is 0.744. The third-order valence-corrected chi connectivity index (χ3v) is 3.02. The van der Waals surface area contributed by atoms with Crippen LogP contribution < -0.4 is 4.72 Å². The lowest BCUT2D eigenvalue weighted by Gasteiger charge is -2.07. The van der Waals surface area contributed by atoms with E-state index in [0.29, 0.717) is 22.7 Å². The molecule has 0 amide bonds. The highest BCUT2D eigenvalue weighted by molar-refractivity contribution is 7.80. The number of rotatable bonds is 3. The number of hydrogen-bond donors (Lipinski definition) is 1. The molecular weight excluding hydrogens is 264 g/mol. The zero-order valence-corrected chi connectivity index (χ0v) is 10.5. The van der Waals surface area contributed by atoms with Gasteiger partial charge in [0.25, 0.3) is 0 Å². The zero-order valence-electron chi connectivity index (χ0n) is 9.70. The lowest BCUT2D eigenvalue weighted by molar-refractivity contribution is 0.542. The van der Waals surface area contributed by atoms with E-state index in [1.54, 1.807) is 18.2 Å². The van der Waals surface area contributed by atoms with Gasteiger partial charge in [-0.3, -0.25) is 4.21 Å². The van der Waals surface area contributed by atoms with Crippen molar-refractivity contribution in [1.29, 1.82) is 0 Å². The molecular formula is C13H9N2O3S-. The summed E-state index contributed by atoms with van der Waals surface area (Å²) in [7, 11) is 0. The highest BCUT2D eigenvalue weighted by Gasteiger charge is 2.10. The average Bonchev–Trinajstić information content (AvgIpc) is 2.84. The first-order valence-corrected chi connectivity index (χ1v) is 6.62. The first-order valence-electron chi connectivity index (χ1n) is 5.55. The van der Waals surface area contributed by atoms with E-state index in [4.69, 9.17) is 4.42 Å². The van der Waals surface area contributed by atoms with Crippen LogP contribution in [0.2, 0.25) is 0 Å². The molecule has 0 fully saturated rings. The largest absolute Gasteiger partial charge is 0.755 e. The second-order valence-electron chi connectivity index (χ2n) is 3.88. The summed E-state index contributed by atoms with van der Waals surface area (Å²) in [4.78, 5) is 4.34. The number of anilines is 1. The summed E-state index contributed by atoms with van der Waals surface area (Å²) >= 11 is -2.40. The number of oxazole rings is 1. The normalized spacial score (nSPS) is 12.5. The van der Waals surface area contributed by atoms with Crippen LogP contribution >= 0.6 is 0 Å². The number of para-hydroxylation sites is 1. The third kappa shape index (κ3) is 2.35. The van der Waals surface area contributed by atoms with Crippen molar-refractivity contribution >= 4 is 28.1 Å². The van der Waals surface area contributed by atoms with E-state index in [1.807, 2.05) is 30.3 Å². The summed E-state index contributed by atoms with van der Waals surface area (Å²) in [6, 6.07) is 14.5. The Hall–Kier alpha value is -2.18. The van der Waals surface area contributed by atoms with Crippen molar-refractivity contribution in [3.05, 3.63) is 48.5 Å². The minimum atomic E-state index is -2.40. The van der Waals surface area contributed by atoms with E-state index < -0.39 is 11.3 Å². The Bertz CT molecular complexity index is 740. The van der Waals surface area contributed by atoms with E-state index >= 15 is 0 Å². The topological polar surface area (TPSA) is 78.2 Å². The Morgan fingerprint density at radius 2 is 1.89 bits per heavy atom. The molecule has 6 heteroatoms. The van der Waals surface area contributed by atoms with E-state index in [9.17, 15) is 8.76 Å². The first kappa shape index (κ1) is 11.9. The van der Waals surface area contributed by atoms with Crippen molar-refractivity contribution in [1.82, 2.24) is 4.98 Å². The smallest absolute Gasteiger partial charge is 0.227 e. The van der Waals surface area contributed by atoms with Crippen LogP contribution in [-0.2, 0) is 11.3 Å². The van der Waals surface area contributed by atoms with Gasteiger partial charge in [-0.25, -0.2) is 4.98 Å². The molecule has 3 aromatic rings. The van der Waals surface area contributed by atoms with Crippen LogP contribution in [0.25, 0.3) is 22.6 Å². The summed E-state index contributed by atoms with van der Waals surface area (Å²) in [5.74, 6) is 0.460. The van der Waals surface area contributed by atoms with Crippen LogP contribution in [0, 0.1) is 0 Å². The molecule has 0 aliphatic heterocycles. The summed E-state index contributed by atoms with van der Waals surface area (Å²) in [5.41, 5.74) is 2.24. The molecule has 0 bridgehead atoms. The molecule has 0 radical (unpaired) electrons. The van der Waals surface area contributed by atoms with Gasteiger partial charge in [0, 0.05) is 16.8 Å². The SMILES string of the molecule is O=S([O-])Nc1cccc2nc(-c3ccccc3)oc12. The predicted molar refractivity (Wildman–Crippen MR) is 72.0 cm³/mol. The Morgan fingerprint density at radius 1 is 1.11 bits per heavy atom. The van der Waals surface area contributed by atoms with E-state index in [2.05, 4.69) is 9.71 Å². The monoisotopic (exact) mass is 273 g/mol. The van der Waals surface area contributed by atoms with Crippen molar-refractivity contribution in [3.8, 4) is 11.5 Å². The second-order valence-corrected chi connectivity index (χ2v) is 4.55. The molecule has 0 saturated heterocycles. The maximum Gasteiger partial charge on any atom is 0.227 e.